The molecule has 0 aliphatic heterocycles. The summed E-state index contributed by atoms with van der Waals surface area (Å²) in [5, 5.41) is 2.33. The summed E-state index contributed by atoms with van der Waals surface area (Å²) in [6.45, 7) is 8.81. The van der Waals surface area contributed by atoms with Crippen LogP contribution >= 0.6 is 22.7 Å². The first-order valence-corrected chi connectivity index (χ1v) is 23.7. The maximum Gasteiger partial charge on any atom is 2.00 e. The molecule has 0 spiro atoms. The van der Waals surface area contributed by atoms with Crippen LogP contribution in [0.25, 0.3) is 85.8 Å². The Morgan fingerprint density at radius 2 is 0.833 bits per heavy atom. The Hall–Kier alpha value is -4.98. The summed E-state index contributed by atoms with van der Waals surface area (Å²) < 4.78 is 4.88. The van der Waals surface area contributed by atoms with Crippen LogP contribution in [-0.4, -0.2) is 30.9 Å². The summed E-state index contributed by atoms with van der Waals surface area (Å²) in [4.78, 5) is 12.7. The third kappa shape index (κ3) is 7.87. The fourth-order valence-corrected chi connectivity index (χ4v) is 13.3. The molecule has 0 fully saturated rings. The predicted molar refractivity (Wildman–Crippen MR) is 253 cm³/mol. The number of aryl methyl sites for hydroxylation is 4. The van der Waals surface area contributed by atoms with Gasteiger partial charge < -0.3 is 0 Å². The van der Waals surface area contributed by atoms with E-state index in [1.54, 1.807) is 0 Å². The number of pyridine rings is 2. The fourth-order valence-electron chi connectivity index (χ4n) is 8.17. The quantitative estimate of drug-likeness (QED) is 0.112. The van der Waals surface area contributed by atoms with E-state index < -0.39 is 20.9 Å². The van der Waals surface area contributed by atoms with Crippen molar-refractivity contribution in [2.45, 2.75) is 27.7 Å². The Bertz CT molecular complexity index is 2930. The van der Waals surface area contributed by atoms with Gasteiger partial charge in [0.1, 0.15) is 0 Å². The zero-order valence-electron chi connectivity index (χ0n) is 33.4. The molecule has 2 nitrogen and oxygen atoms in total. The van der Waals surface area contributed by atoms with E-state index in [9.17, 15) is 0 Å². The molecule has 0 aliphatic rings. The minimum Gasteiger partial charge on any atom is 2.00 e. The van der Waals surface area contributed by atoms with E-state index in [-0.39, 0.29) is 21.1 Å². The maximum absolute atomic E-state index is 5.06. The predicted octanol–water partition coefficient (Wildman–Crippen LogP) is 13.4. The van der Waals surface area contributed by atoms with Gasteiger partial charge in [0.15, 0.2) is 0 Å². The summed E-state index contributed by atoms with van der Waals surface area (Å²) >= 11 is 2.69. The zero-order valence-corrected chi connectivity index (χ0v) is 39.7. The van der Waals surface area contributed by atoms with E-state index in [1.165, 1.54) is 92.8 Å². The van der Waals surface area contributed by atoms with E-state index >= 15 is 0 Å². The van der Waals surface area contributed by atoms with Crippen LogP contribution in [0.4, 0.5) is 0 Å². The smallest absolute Gasteiger partial charge is 2.00 e. The minimum absolute atomic E-state index is 0. The summed E-state index contributed by atoms with van der Waals surface area (Å²) in [6.07, 6.45) is 3.91. The molecule has 10 aromatic rings. The van der Waals surface area contributed by atoms with Crippen LogP contribution in [0.15, 0.2) is 158 Å². The summed E-state index contributed by atoms with van der Waals surface area (Å²) in [5.74, 6) is 0. The van der Waals surface area contributed by atoms with Crippen molar-refractivity contribution in [1.29, 1.82) is 0 Å². The van der Waals surface area contributed by atoms with Gasteiger partial charge in [0, 0.05) is 0 Å². The normalized spacial score (nSPS) is 11.3. The topological polar surface area (TPSA) is 25.8 Å². The SMILES string of the molecule is Cc1cccc(C)c1-c1cc2c(-c3[c-]c([Te]c4[c-]c(-c5nccc6sc(-c7c(C)cccc7C)cc56)cc(-c5ccccc5)c4)cc(-c4ccccc4)c3)nccc2s1.[Pt+2]. The molecule has 0 aliphatic carbocycles. The molecule has 0 atom stereocenters. The molecule has 292 valence electrons. The van der Waals surface area contributed by atoms with Crippen LogP contribution in [-0.2, 0) is 21.1 Å². The van der Waals surface area contributed by atoms with Gasteiger partial charge in [-0.25, -0.2) is 0 Å². The number of nitrogens with zero attached hydrogens (tertiary/aromatic N) is 2. The molecule has 0 radical (unpaired) electrons. The van der Waals surface area contributed by atoms with Gasteiger partial charge in [0.05, 0.1) is 0 Å². The number of fused-ring (bicyclic) bond motifs is 2. The van der Waals surface area contributed by atoms with E-state index in [0.717, 1.165) is 22.5 Å². The second kappa shape index (κ2) is 17.2. The van der Waals surface area contributed by atoms with Crippen molar-refractivity contribution in [2.24, 2.45) is 0 Å². The van der Waals surface area contributed by atoms with Gasteiger partial charge in [-0.05, 0) is 0 Å². The summed E-state index contributed by atoms with van der Waals surface area (Å²) in [5.41, 5.74) is 16.5. The summed E-state index contributed by atoms with van der Waals surface area (Å²) in [6, 6.07) is 60.6. The standard InChI is InChI=1S/C54H38N2S2Te.Pt/c1-33-13-11-14-34(2)51(33)49-31-45-47(57-49)21-23-55-53(45)41-25-39(37-17-7-5-8-18-37)27-43(29-41)59-44-28-40(38-19-9-6-10-20-38)26-42(30-44)54-46-32-50(58-48(46)22-24-56-54)52-35(3)15-12-16-36(52)4;/h5-28,31-32H,1-4H3;/q-2;+2. The molecule has 4 heterocycles. The first-order valence-electron chi connectivity index (χ1n) is 19.7. The van der Waals surface area contributed by atoms with Crippen molar-refractivity contribution >= 4 is 71.0 Å². The van der Waals surface area contributed by atoms with Crippen LogP contribution in [0.5, 0.6) is 0 Å². The molecule has 0 bridgehead atoms. The first kappa shape index (κ1) is 40.4. The van der Waals surface area contributed by atoms with Crippen LogP contribution in [0.3, 0.4) is 0 Å². The monoisotopic (exact) mass is 1100 g/mol. The molecular formula is C54H38N2PtS2Te. The molecular weight excluding hydrogens is 1060 g/mol. The van der Waals surface area contributed by atoms with Crippen molar-refractivity contribution in [2.75, 3.05) is 0 Å². The molecule has 0 N–H and O–H groups in total. The Kier molecular flexibility index (Phi) is 11.6. The Balaban J connectivity index is 0.00000462. The molecule has 6 heteroatoms. The molecule has 0 amide bonds. The van der Waals surface area contributed by atoms with Gasteiger partial charge in [-0.15, -0.1) is 0 Å². The van der Waals surface area contributed by atoms with Gasteiger partial charge in [-0.1, -0.05) is 0 Å². The van der Waals surface area contributed by atoms with Crippen molar-refractivity contribution in [3.8, 4) is 65.6 Å². The van der Waals surface area contributed by atoms with Crippen LogP contribution in [0, 0.1) is 39.8 Å². The molecule has 6 aromatic carbocycles. The Morgan fingerprint density at radius 1 is 0.433 bits per heavy atom. The van der Waals surface area contributed by atoms with Crippen LogP contribution in [0.2, 0.25) is 0 Å². The van der Waals surface area contributed by atoms with Crippen molar-refractivity contribution in [3.05, 3.63) is 192 Å². The Labute approximate surface area is 384 Å². The van der Waals surface area contributed by atoms with Gasteiger partial charge in [0.25, 0.3) is 0 Å². The van der Waals surface area contributed by atoms with E-state index in [1.807, 2.05) is 35.1 Å². The largest absolute Gasteiger partial charge is 2.00 e. The number of thiophene rings is 2. The maximum atomic E-state index is 5.06. The fraction of sp³-hybridized carbons (Fsp3) is 0.0741. The number of hydrogen-bond acceptors (Lipinski definition) is 4. The molecule has 0 saturated heterocycles. The van der Waals surface area contributed by atoms with E-state index in [4.69, 9.17) is 9.97 Å². The zero-order chi connectivity index (χ0) is 40.0. The molecule has 0 saturated carbocycles. The third-order valence-corrected chi connectivity index (χ3v) is 15.7. The average molecular weight is 1100 g/mol. The summed E-state index contributed by atoms with van der Waals surface area (Å²) in [7, 11) is 0. The van der Waals surface area contributed by atoms with Crippen LogP contribution in [0.1, 0.15) is 22.3 Å². The molecule has 10 rings (SSSR count). The molecule has 0 unspecified atom stereocenters. The van der Waals surface area contributed by atoms with Gasteiger partial charge in [-0.3, -0.25) is 0 Å². The number of hydrogen-bond donors (Lipinski definition) is 0. The minimum atomic E-state index is -0.987. The second-order valence-electron chi connectivity index (χ2n) is 15.0. The third-order valence-electron chi connectivity index (χ3n) is 11.0. The second-order valence-corrected chi connectivity index (χ2v) is 20.3. The number of aromatic nitrogens is 2. The van der Waals surface area contributed by atoms with Crippen molar-refractivity contribution in [1.82, 2.24) is 9.97 Å². The Morgan fingerprint density at radius 3 is 1.23 bits per heavy atom. The van der Waals surface area contributed by atoms with E-state index in [2.05, 4.69) is 185 Å². The van der Waals surface area contributed by atoms with E-state index in [0.29, 0.717) is 0 Å². The average Bonchev–Trinajstić information content (AvgIpc) is 3.89. The number of benzene rings is 6. The van der Waals surface area contributed by atoms with Crippen molar-refractivity contribution in [3.63, 3.8) is 0 Å². The van der Waals surface area contributed by atoms with Gasteiger partial charge >= 0.3 is 388 Å². The van der Waals surface area contributed by atoms with Gasteiger partial charge in [-0.2, -0.15) is 0 Å². The molecule has 4 aromatic heterocycles. The van der Waals surface area contributed by atoms with Crippen molar-refractivity contribution < 1.29 is 21.1 Å². The number of rotatable bonds is 8. The van der Waals surface area contributed by atoms with Crippen LogP contribution < -0.4 is 7.22 Å². The van der Waals surface area contributed by atoms with Gasteiger partial charge in [0.2, 0.25) is 0 Å². The first-order chi connectivity index (χ1) is 28.9. The molecule has 60 heavy (non-hydrogen) atoms.